The van der Waals surface area contributed by atoms with Gasteiger partial charge in [-0.3, -0.25) is 9.52 Å². The number of anilines is 1. The SMILES string of the molecule is C[C@H](OC(=O)c1ccccc1NS(C)(=O)=O)C(=O)N1CCCCCC1. The van der Waals surface area contributed by atoms with E-state index in [4.69, 9.17) is 4.74 Å². The molecule has 1 heterocycles. The molecule has 25 heavy (non-hydrogen) atoms. The molecule has 1 aliphatic heterocycles. The number of ether oxygens (including phenoxy) is 1. The number of nitrogens with zero attached hydrogens (tertiary/aromatic N) is 1. The molecule has 1 aromatic carbocycles. The molecule has 1 aromatic rings. The highest BCUT2D eigenvalue weighted by Gasteiger charge is 2.26. The number of carbonyl (C=O) groups excluding carboxylic acids is 2. The summed E-state index contributed by atoms with van der Waals surface area (Å²) < 4.78 is 30.4. The number of hydrogen-bond donors (Lipinski definition) is 1. The topological polar surface area (TPSA) is 92.8 Å². The highest BCUT2D eigenvalue weighted by Crippen LogP contribution is 2.19. The van der Waals surface area contributed by atoms with Gasteiger partial charge in [0, 0.05) is 13.1 Å². The maximum Gasteiger partial charge on any atom is 0.341 e. The van der Waals surface area contributed by atoms with Gasteiger partial charge in [-0.15, -0.1) is 0 Å². The predicted octanol–water partition coefficient (Wildman–Crippen LogP) is 2.01. The van der Waals surface area contributed by atoms with Crippen LogP contribution in [0.5, 0.6) is 0 Å². The Hall–Kier alpha value is -2.09. The summed E-state index contributed by atoms with van der Waals surface area (Å²) in [4.78, 5) is 26.6. The van der Waals surface area contributed by atoms with Crippen molar-refractivity contribution >= 4 is 27.6 Å². The van der Waals surface area contributed by atoms with Crippen LogP contribution in [-0.2, 0) is 19.6 Å². The predicted molar refractivity (Wildman–Crippen MR) is 94.8 cm³/mol. The number of likely N-dealkylation sites (tertiary alicyclic amines) is 1. The second kappa shape index (κ2) is 8.33. The first kappa shape index (κ1) is 19.2. The Labute approximate surface area is 148 Å². The van der Waals surface area contributed by atoms with E-state index in [0.717, 1.165) is 31.9 Å². The Morgan fingerprint density at radius 2 is 1.72 bits per heavy atom. The lowest BCUT2D eigenvalue weighted by Crippen LogP contribution is -2.40. The lowest BCUT2D eigenvalue weighted by molar-refractivity contribution is -0.139. The molecule has 0 saturated carbocycles. The third-order valence-electron chi connectivity index (χ3n) is 3.99. The van der Waals surface area contributed by atoms with Gasteiger partial charge in [-0.1, -0.05) is 25.0 Å². The van der Waals surface area contributed by atoms with E-state index in [-0.39, 0.29) is 17.2 Å². The number of amides is 1. The van der Waals surface area contributed by atoms with Crippen LogP contribution in [0.3, 0.4) is 0 Å². The first-order chi connectivity index (χ1) is 11.8. The van der Waals surface area contributed by atoms with E-state index >= 15 is 0 Å². The average molecular weight is 368 g/mol. The van der Waals surface area contributed by atoms with Crippen molar-refractivity contribution in [3.05, 3.63) is 29.8 Å². The summed E-state index contributed by atoms with van der Waals surface area (Å²) in [6, 6.07) is 6.14. The number of rotatable bonds is 5. The van der Waals surface area contributed by atoms with Crippen LogP contribution in [0.2, 0.25) is 0 Å². The summed E-state index contributed by atoms with van der Waals surface area (Å²) in [7, 11) is -3.53. The summed E-state index contributed by atoms with van der Waals surface area (Å²) in [6.07, 6.45) is 4.18. The fourth-order valence-corrected chi connectivity index (χ4v) is 3.35. The molecule has 2 rings (SSSR count). The van der Waals surface area contributed by atoms with Gasteiger partial charge >= 0.3 is 5.97 Å². The number of nitrogens with one attached hydrogen (secondary N) is 1. The minimum Gasteiger partial charge on any atom is -0.449 e. The number of carbonyl (C=O) groups is 2. The van der Waals surface area contributed by atoms with Crippen LogP contribution in [0, 0.1) is 0 Å². The smallest absolute Gasteiger partial charge is 0.341 e. The third kappa shape index (κ3) is 5.74. The van der Waals surface area contributed by atoms with Gasteiger partial charge in [0.2, 0.25) is 10.0 Å². The number of benzene rings is 1. The molecular weight excluding hydrogens is 344 g/mol. The molecule has 0 unspecified atom stereocenters. The van der Waals surface area contributed by atoms with Gasteiger partial charge in [0.05, 0.1) is 17.5 Å². The minimum atomic E-state index is -3.53. The van der Waals surface area contributed by atoms with Crippen LogP contribution in [0.25, 0.3) is 0 Å². The molecular formula is C17H24N2O5S. The van der Waals surface area contributed by atoms with Gasteiger partial charge in [0.1, 0.15) is 0 Å². The second-order valence-corrected chi connectivity index (χ2v) is 7.96. The first-order valence-corrected chi connectivity index (χ1v) is 10.2. The van der Waals surface area contributed by atoms with Gasteiger partial charge in [0.25, 0.3) is 5.91 Å². The Morgan fingerprint density at radius 3 is 2.32 bits per heavy atom. The zero-order chi connectivity index (χ0) is 18.4. The maximum absolute atomic E-state index is 12.5. The monoisotopic (exact) mass is 368 g/mol. The average Bonchev–Trinajstić information content (AvgIpc) is 2.82. The van der Waals surface area contributed by atoms with Gasteiger partial charge in [0.15, 0.2) is 6.10 Å². The highest BCUT2D eigenvalue weighted by molar-refractivity contribution is 7.92. The lowest BCUT2D eigenvalue weighted by atomic mass is 10.2. The third-order valence-corrected chi connectivity index (χ3v) is 4.58. The van der Waals surface area contributed by atoms with E-state index in [2.05, 4.69) is 4.72 Å². The molecule has 0 aliphatic carbocycles. The Bertz CT molecular complexity index is 724. The molecule has 1 fully saturated rings. The highest BCUT2D eigenvalue weighted by atomic mass is 32.2. The summed E-state index contributed by atoms with van der Waals surface area (Å²) in [5.74, 6) is -0.953. The lowest BCUT2D eigenvalue weighted by Gasteiger charge is -2.24. The molecule has 0 spiro atoms. The van der Waals surface area contributed by atoms with Crippen molar-refractivity contribution in [1.82, 2.24) is 4.90 Å². The maximum atomic E-state index is 12.5. The minimum absolute atomic E-state index is 0.0726. The molecule has 0 radical (unpaired) electrons. The van der Waals surface area contributed by atoms with Crippen LogP contribution in [-0.4, -0.2) is 50.6 Å². The molecule has 1 atom stereocenters. The Kier molecular flexibility index (Phi) is 6.41. The molecule has 1 amide bonds. The molecule has 0 bridgehead atoms. The van der Waals surface area contributed by atoms with Gasteiger partial charge < -0.3 is 9.64 Å². The normalized spacial score (nSPS) is 16.6. The number of sulfonamides is 1. The largest absolute Gasteiger partial charge is 0.449 e. The van der Waals surface area contributed by atoms with E-state index in [1.54, 1.807) is 17.0 Å². The zero-order valence-electron chi connectivity index (χ0n) is 14.5. The second-order valence-electron chi connectivity index (χ2n) is 6.21. The van der Waals surface area contributed by atoms with Crippen molar-refractivity contribution in [3.63, 3.8) is 0 Å². The van der Waals surface area contributed by atoms with Gasteiger partial charge in [-0.2, -0.15) is 0 Å². The van der Waals surface area contributed by atoms with Gasteiger partial charge in [-0.25, -0.2) is 13.2 Å². The van der Waals surface area contributed by atoms with E-state index in [9.17, 15) is 18.0 Å². The zero-order valence-corrected chi connectivity index (χ0v) is 15.3. The molecule has 138 valence electrons. The fraction of sp³-hybridized carbons (Fsp3) is 0.529. The summed E-state index contributed by atoms with van der Waals surface area (Å²) in [5, 5.41) is 0. The van der Waals surface area contributed by atoms with E-state index in [0.29, 0.717) is 13.1 Å². The Morgan fingerprint density at radius 1 is 1.12 bits per heavy atom. The van der Waals surface area contributed by atoms with Crippen molar-refractivity contribution in [2.24, 2.45) is 0 Å². The Balaban J connectivity index is 2.07. The molecule has 1 saturated heterocycles. The van der Waals surface area contributed by atoms with Crippen LogP contribution >= 0.6 is 0 Å². The van der Waals surface area contributed by atoms with Crippen molar-refractivity contribution in [2.45, 2.75) is 38.7 Å². The quantitative estimate of drug-likeness (QED) is 0.803. The van der Waals surface area contributed by atoms with Gasteiger partial charge in [-0.05, 0) is 31.9 Å². The summed E-state index contributed by atoms with van der Waals surface area (Å²) in [6.45, 7) is 2.89. The van der Waals surface area contributed by atoms with E-state index in [1.165, 1.54) is 19.1 Å². The van der Waals surface area contributed by atoms with Crippen molar-refractivity contribution in [2.75, 3.05) is 24.1 Å². The van der Waals surface area contributed by atoms with Crippen LogP contribution in [0.15, 0.2) is 24.3 Å². The molecule has 7 nitrogen and oxygen atoms in total. The van der Waals surface area contributed by atoms with Crippen LogP contribution in [0.1, 0.15) is 43.0 Å². The van der Waals surface area contributed by atoms with Crippen molar-refractivity contribution < 1.29 is 22.7 Å². The van der Waals surface area contributed by atoms with Crippen molar-refractivity contribution in [1.29, 1.82) is 0 Å². The number of para-hydroxylation sites is 1. The van der Waals surface area contributed by atoms with Crippen LogP contribution < -0.4 is 4.72 Å². The molecule has 0 aromatic heterocycles. The number of hydrogen-bond acceptors (Lipinski definition) is 5. The van der Waals surface area contributed by atoms with E-state index < -0.39 is 22.1 Å². The summed E-state index contributed by atoms with van der Waals surface area (Å²) in [5.41, 5.74) is 0.202. The molecule has 8 heteroatoms. The summed E-state index contributed by atoms with van der Waals surface area (Å²) >= 11 is 0. The standard InChI is InChI=1S/C17H24N2O5S/c1-13(16(20)19-11-7-3-4-8-12-19)24-17(21)14-9-5-6-10-15(14)18-25(2,22)23/h5-6,9-10,13,18H,3-4,7-8,11-12H2,1-2H3/t13-/m0/s1. The molecule has 1 aliphatic rings. The van der Waals surface area contributed by atoms with E-state index in [1.807, 2.05) is 0 Å². The van der Waals surface area contributed by atoms with Crippen LogP contribution in [0.4, 0.5) is 5.69 Å². The molecule has 1 N–H and O–H groups in total. The fourth-order valence-electron chi connectivity index (χ4n) is 2.77. The first-order valence-electron chi connectivity index (χ1n) is 8.34. The van der Waals surface area contributed by atoms with Crippen molar-refractivity contribution in [3.8, 4) is 0 Å². The number of esters is 1.